The Bertz CT molecular complexity index is 232. The van der Waals surface area contributed by atoms with Crippen LogP contribution in [0.1, 0.15) is 27.2 Å². The Balaban J connectivity index is 3.92. The Labute approximate surface area is 90.1 Å². The van der Waals surface area contributed by atoms with Crippen LogP contribution in [-0.4, -0.2) is 30.8 Å². The Morgan fingerprint density at radius 2 is 1.93 bits per heavy atom. The first-order valence-corrected chi connectivity index (χ1v) is 4.64. The summed E-state index contributed by atoms with van der Waals surface area (Å²) < 4.78 is 9.41. The second kappa shape index (κ2) is 5.58. The topological polar surface area (TPSA) is 64.6 Å². The van der Waals surface area contributed by atoms with Crippen molar-refractivity contribution in [2.75, 3.05) is 7.11 Å². The lowest BCUT2D eigenvalue weighted by Gasteiger charge is -2.21. The van der Waals surface area contributed by atoms with Crippen molar-refractivity contribution in [3.05, 3.63) is 6.92 Å². The summed E-state index contributed by atoms with van der Waals surface area (Å²) in [7, 11) is 1.28. The number of amides is 1. The highest BCUT2D eigenvalue weighted by Crippen LogP contribution is 2.07. The lowest BCUT2D eigenvalue weighted by atomic mass is 10.2. The van der Waals surface area contributed by atoms with Crippen LogP contribution in [0.4, 0.5) is 4.79 Å². The molecule has 1 amide bonds. The number of alkyl carbamates (subject to hydrolysis) is 1. The summed E-state index contributed by atoms with van der Waals surface area (Å²) in [5.41, 5.74) is -0.560. The molecular formula is C10H18NO4. The minimum atomic E-state index is -0.591. The number of hydrogen-bond donors (Lipinski definition) is 1. The summed E-state index contributed by atoms with van der Waals surface area (Å²) in [6, 6.07) is -0.549. The van der Waals surface area contributed by atoms with Crippen LogP contribution in [0.3, 0.4) is 0 Å². The fraction of sp³-hybridized carbons (Fsp3) is 0.700. The van der Waals surface area contributed by atoms with Crippen LogP contribution in [0.2, 0.25) is 0 Å². The van der Waals surface area contributed by atoms with Gasteiger partial charge in [0.25, 0.3) is 0 Å². The maximum atomic E-state index is 11.2. The monoisotopic (exact) mass is 216 g/mol. The molecule has 0 aliphatic rings. The van der Waals surface area contributed by atoms with Gasteiger partial charge in [-0.15, -0.1) is 0 Å². The van der Waals surface area contributed by atoms with Crippen LogP contribution in [0.15, 0.2) is 0 Å². The summed E-state index contributed by atoms with van der Waals surface area (Å²) in [6.07, 6.45) is -0.568. The highest BCUT2D eigenvalue weighted by Gasteiger charge is 2.18. The third-order valence-corrected chi connectivity index (χ3v) is 1.36. The Kier molecular flexibility index (Phi) is 5.11. The van der Waals surface area contributed by atoms with Gasteiger partial charge in [0.1, 0.15) is 5.60 Å². The van der Waals surface area contributed by atoms with E-state index in [-0.39, 0.29) is 6.42 Å². The van der Waals surface area contributed by atoms with Crippen LogP contribution in [0.25, 0.3) is 0 Å². The number of hydrogen-bond acceptors (Lipinski definition) is 4. The second-order valence-corrected chi connectivity index (χ2v) is 4.12. The molecule has 0 aromatic rings. The van der Waals surface area contributed by atoms with Crippen LogP contribution in [0, 0.1) is 6.92 Å². The van der Waals surface area contributed by atoms with Gasteiger partial charge in [-0.1, -0.05) is 0 Å². The quantitative estimate of drug-likeness (QED) is 0.722. The molecule has 0 fully saturated rings. The Morgan fingerprint density at radius 3 is 2.33 bits per heavy atom. The molecule has 0 bridgehead atoms. The fourth-order valence-corrected chi connectivity index (χ4v) is 0.810. The van der Waals surface area contributed by atoms with Crippen molar-refractivity contribution in [1.29, 1.82) is 0 Å². The molecular weight excluding hydrogens is 198 g/mol. The zero-order valence-corrected chi connectivity index (χ0v) is 9.62. The van der Waals surface area contributed by atoms with Gasteiger partial charge in [0.15, 0.2) is 0 Å². The van der Waals surface area contributed by atoms with E-state index >= 15 is 0 Å². The number of nitrogens with one attached hydrogen (secondary N) is 1. The zero-order valence-electron chi connectivity index (χ0n) is 9.62. The van der Waals surface area contributed by atoms with Crippen LogP contribution < -0.4 is 5.32 Å². The van der Waals surface area contributed by atoms with Gasteiger partial charge >= 0.3 is 12.1 Å². The molecule has 1 unspecified atom stereocenters. The molecule has 0 spiro atoms. The van der Waals surface area contributed by atoms with E-state index in [0.29, 0.717) is 0 Å². The van der Waals surface area contributed by atoms with E-state index in [4.69, 9.17) is 4.74 Å². The van der Waals surface area contributed by atoms with Crippen molar-refractivity contribution in [2.24, 2.45) is 0 Å². The minimum Gasteiger partial charge on any atom is -0.469 e. The average Bonchev–Trinajstić information content (AvgIpc) is 1.99. The zero-order chi connectivity index (χ0) is 12.1. The van der Waals surface area contributed by atoms with Gasteiger partial charge in [-0.25, -0.2) is 4.79 Å². The summed E-state index contributed by atoms with van der Waals surface area (Å²) in [4.78, 5) is 22.0. The van der Waals surface area contributed by atoms with Gasteiger partial charge in [0, 0.05) is 6.04 Å². The molecule has 0 saturated carbocycles. The van der Waals surface area contributed by atoms with Gasteiger partial charge in [0.2, 0.25) is 0 Å². The summed E-state index contributed by atoms with van der Waals surface area (Å²) in [5.74, 6) is -0.425. The Hall–Kier alpha value is -1.26. The van der Waals surface area contributed by atoms with E-state index < -0.39 is 23.7 Å². The number of methoxy groups -OCH3 is 1. The summed E-state index contributed by atoms with van der Waals surface area (Å²) in [5, 5.41) is 2.43. The van der Waals surface area contributed by atoms with Crippen molar-refractivity contribution in [1.82, 2.24) is 5.32 Å². The molecule has 1 N–H and O–H groups in total. The van der Waals surface area contributed by atoms with Gasteiger partial charge in [-0.3, -0.25) is 4.79 Å². The maximum absolute atomic E-state index is 11.2. The lowest BCUT2D eigenvalue weighted by Crippen LogP contribution is -2.38. The van der Waals surface area contributed by atoms with Crippen molar-refractivity contribution in [3.8, 4) is 0 Å². The predicted octanol–water partition coefficient (Wildman–Crippen LogP) is 1.28. The van der Waals surface area contributed by atoms with E-state index in [1.165, 1.54) is 7.11 Å². The normalized spacial score (nSPS) is 12.9. The van der Waals surface area contributed by atoms with Crippen molar-refractivity contribution >= 4 is 12.1 Å². The molecule has 0 heterocycles. The first kappa shape index (κ1) is 13.7. The van der Waals surface area contributed by atoms with Crippen LogP contribution >= 0.6 is 0 Å². The van der Waals surface area contributed by atoms with Crippen molar-refractivity contribution < 1.29 is 19.1 Å². The highest BCUT2D eigenvalue weighted by molar-refractivity contribution is 5.72. The molecule has 0 aromatic heterocycles. The van der Waals surface area contributed by atoms with Gasteiger partial charge in [0.05, 0.1) is 13.5 Å². The first-order valence-electron chi connectivity index (χ1n) is 4.64. The fourth-order valence-electron chi connectivity index (χ4n) is 0.810. The Morgan fingerprint density at radius 1 is 1.40 bits per heavy atom. The van der Waals surface area contributed by atoms with E-state index in [0.717, 1.165) is 0 Å². The molecule has 0 saturated heterocycles. The minimum absolute atomic E-state index is 0.0236. The molecule has 0 aliphatic carbocycles. The second-order valence-electron chi connectivity index (χ2n) is 4.12. The molecule has 15 heavy (non-hydrogen) atoms. The smallest absolute Gasteiger partial charge is 0.407 e. The molecule has 5 heteroatoms. The molecule has 1 atom stereocenters. The number of carbonyl (C=O) groups excluding carboxylic acids is 2. The predicted molar refractivity (Wildman–Crippen MR) is 55.1 cm³/mol. The third-order valence-electron chi connectivity index (χ3n) is 1.36. The largest absolute Gasteiger partial charge is 0.469 e. The van der Waals surface area contributed by atoms with E-state index in [1.807, 2.05) is 0 Å². The lowest BCUT2D eigenvalue weighted by molar-refractivity contribution is -0.140. The SMILES string of the molecule is [CH2]C(CC(=O)OC)NC(=O)OC(C)(C)C. The van der Waals surface area contributed by atoms with Crippen molar-refractivity contribution in [3.63, 3.8) is 0 Å². The van der Waals surface area contributed by atoms with Crippen molar-refractivity contribution in [2.45, 2.75) is 38.8 Å². The van der Waals surface area contributed by atoms with Crippen LogP contribution in [-0.2, 0) is 14.3 Å². The van der Waals surface area contributed by atoms with E-state index in [9.17, 15) is 9.59 Å². The molecule has 0 aromatic carbocycles. The number of rotatable bonds is 3. The molecule has 87 valence electrons. The maximum Gasteiger partial charge on any atom is 0.407 e. The highest BCUT2D eigenvalue weighted by atomic mass is 16.6. The number of carbonyl (C=O) groups is 2. The average molecular weight is 216 g/mol. The molecule has 0 rings (SSSR count). The van der Waals surface area contributed by atoms with Crippen LogP contribution in [0.5, 0.6) is 0 Å². The third kappa shape index (κ3) is 7.78. The van der Waals surface area contributed by atoms with E-state index in [1.54, 1.807) is 20.8 Å². The first-order chi connectivity index (χ1) is 6.74. The number of esters is 1. The molecule has 0 aliphatic heterocycles. The standard InChI is InChI=1S/C10H18NO4/c1-7(6-8(12)14-5)11-9(13)15-10(2,3)4/h7H,1,6H2,2-5H3,(H,11,13). The molecule has 1 radical (unpaired) electrons. The summed E-state index contributed by atoms with van der Waals surface area (Å²) >= 11 is 0. The van der Waals surface area contributed by atoms with Gasteiger partial charge in [-0.05, 0) is 27.7 Å². The van der Waals surface area contributed by atoms with E-state index in [2.05, 4.69) is 17.0 Å². The molecule has 5 nitrogen and oxygen atoms in total. The summed E-state index contributed by atoms with van der Waals surface area (Å²) in [6.45, 7) is 8.85. The van der Waals surface area contributed by atoms with Gasteiger partial charge in [-0.2, -0.15) is 0 Å². The number of ether oxygens (including phenoxy) is 2. The van der Waals surface area contributed by atoms with Gasteiger partial charge < -0.3 is 14.8 Å².